The molecule has 0 atom stereocenters. The molecule has 2 heterocycles. The summed E-state index contributed by atoms with van der Waals surface area (Å²) in [5.74, 6) is -0.100. The van der Waals surface area contributed by atoms with E-state index in [0.717, 1.165) is 0 Å². The summed E-state index contributed by atoms with van der Waals surface area (Å²) in [5, 5.41) is 7.59. The molecule has 0 aliphatic heterocycles. The lowest BCUT2D eigenvalue weighted by molar-refractivity contribution is 0.601. The van der Waals surface area contributed by atoms with E-state index in [1.165, 1.54) is 36.5 Å². The van der Waals surface area contributed by atoms with E-state index in [1.54, 1.807) is 12.1 Å². The Balaban J connectivity index is 1.81. The molecule has 0 spiro atoms. The van der Waals surface area contributed by atoms with Crippen LogP contribution in [0.4, 0.5) is 29.0 Å². The molecule has 3 rings (SSSR count). The van der Waals surface area contributed by atoms with Crippen molar-refractivity contribution in [1.82, 2.24) is 15.0 Å². The van der Waals surface area contributed by atoms with Crippen LogP contribution in [0.2, 0.25) is 0 Å². The first kappa shape index (κ1) is 18.0. The lowest BCUT2D eigenvalue weighted by Crippen LogP contribution is -2.13. The van der Waals surface area contributed by atoms with Crippen molar-refractivity contribution in [3.8, 4) is 0 Å². The number of nitrogens with one attached hydrogen (secondary N) is 2. The molecular weight excluding hydrogens is 372 g/mol. The van der Waals surface area contributed by atoms with Gasteiger partial charge in [-0.2, -0.15) is 10.1 Å². The van der Waals surface area contributed by atoms with E-state index in [1.807, 2.05) is 0 Å². The Morgan fingerprint density at radius 1 is 1.04 bits per heavy atom. The number of H-pyrrole nitrogens is 1. The predicted molar refractivity (Wildman–Crippen MR) is 99.3 cm³/mol. The molecule has 6 N–H and O–H groups in total. The number of nitrogens with zero attached hydrogens (tertiary/aromatic N) is 4. The van der Waals surface area contributed by atoms with E-state index in [9.17, 15) is 13.2 Å². The third-order valence-electron chi connectivity index (χ3n) is 3.26. The number of hydrogen-bond donors (Lipinski definition) is 4. The molecule has 138 valence electrons. The highest BCUT2D eigenvalue weighted by molar-refractivity contribution is 7.92. The van der Waals surface area contributed by atoms with E-state index in [2.05, 4.69) is 29.9 Å². The first-order valence-corrected chi connectivity index (χ1v) is 8.94. The number of aromatic amines is 1. The largest absolute Gasteiger partial charge is 0.382 e. The second kappa shape index (κ2) is 7.21. The van der Waals surface area contributed by atoms with Crippen LogP contribution in [0.1, 0.15) is 0 Å². The van der Waals surface area contributed by atoms with Gasteiger partial charge in [0.05, 0.1) is 10.6 Å². The zero-order valence-corrected chi connectivity index (χ0v) is 14.5. The van der Waals surface area contributed by atoms with Crippen molar-refractivity contribution in [2.24, 2.45) is 10.2 Å². The Labute approximate surface area is 153 Å². The fourth-order valence-corrected chi connectivity index (χ4v) is 3.03. The number of nitrogens with two attached hydrogens (primary N) is 2. The van der Waals surface area contributed by atoms with Crippen molar-refractivity contribution in [3.63, 3.8) is 0 Å². The Bertz CT molecular complexity index is 1140. The van der Waals surface area contributed by atoms with Gasteiger partial charge in [-0.3, -0.25) is 14.5 Å². The minimum Gasteiger partial charge on any atom is -0.382 e. The van der Waals surface area contributed by atoms with Crippen LogP contribution in [-0.4, -0.2) is 23.4 Å². The van der Waals surface area contributed by atoms with E-state index < -0.39 is 15.6 Å². The van der Waals surface area contributed by atoms with Crippen molar-refractivity contribution >= 4 is 39.0 Å². The van der Waals surface area contributed by atoms with Gasteiger partial charge in [0.2, 0.25) is 5.95 Å². The Morgan fingerprint density at radius 2 is 1.78 bits per heavy atom. The molecule has 0 fully saturated rings. The highest BCUT2D eigenvalue weighted by Crippen LogP contribution is 2.22. The van der Waals surface area contributed by atoms with Gasteiger partial charge in [-0.1, -0.05) is 6.07 Å². The molecule has 0 aliphatic rings. The highest BCUT2D eigenvalue weighted by Gasteiger charge is 2.14. The average molecular weight is 386 g/mol. The van der Waals surface area contributed by atoms with Crippen molar-refractivity contribution in [1.29, 1.82) is 0 Å². The number of pyridine rings is 1. The maximum Gasteiger partial charge on any atom is 0.282 e. The summed E-state index contributed by atoms with van der Waals surface area (Å²) in [6.07, 6.45) is 1.47. The van der Waals surface area contributed by atoms with Gasteiger partial charge in [0, 0.05) is 6.20 Å². The fourth-order valence-electron chi connectivity index (χ4n) is 2.02. The topological polar surface area (TPSA) is 182 Å². The van der Waals surface area contributed by atoms with Gasteiger partial charge in [-0.15, -0.1) is 5.11 Å². The van der Waals surface area contributed by atoms with E-state index in [4.69, 9.17) is 11.5 Å². The Morgan fingerprint density at radius 3 is 2.41 bits per heavy atom. The van der Waals surface area contributed by atoms with Crippen LogP contribution in [0.5, 0.6) is 0 Å². The van der Waals surface area contributed by atoms with Crippen molar-refractivity contribution < 1.29 is 8.42 Å². The monoisotopic (exact) mass is 386 g/mol. The zero-order chi connectivity index (χ0) is 19.4. The van der Waals surface area contributed by atoms with Crippen LogP contribution < -0.4 is 21.7 Å². The zero-order valence-electron chi connectivity index (χ0n) is 13.7. The van der Waals surface area contributed by atoms with Crippen LogP contribution in [-0.2, 0) is 10.0 Å². The molecule has 0 saturated carbocycles. The molecule has 1 aromatic carbocycles. The molecule has 0 saturated heterocycles. The summed E-state index contributed by atoms with van der Waals surface area (Å²) < 4.78 is 27.0. The number of azo groups is 1. The summed E-state index contributed by atoms with van der Waals surface area (Å²) in [5.41, 5.74) is 10.4. The lowest BCUT2D eigenvalue weighted by Gasteiger charge is -2.06. The molecule has 0 amide bonds. The lowest BCUT2D eigenvalue weighted by atomic mass is 10.3. The van der Waals surface area contributed by atoms with Crippen LogP contribution >= 0.6 is 0 Å². The van der Waals surface area contributed by atoms with E-state index in [-0.39, 0.29) is 28.2 Å². The van der Waals surface area contributed by atoms with E-state index in [0.29, 0.717) is 5.69 Å². The van der Waals surface area contributed by atoms with Crippen molar-refractivity contribution in [2.75, 3.05) is 16.2 Å². The summed E-state index contributed by atoms with van der Waals surface area (Å²) in [7, 11) is -3.80. The quantitative estimate of drug-likeness (QED) is 0.479. The number of nitrogen functional groups attached to an aromatic ring is 2. The Hall–Kier alpha value is -3.80. The SMILES string of the molecule is Nc1nc(N)c(N=Nc2ccc(S(=O)(=O)Nc3ccccn3)cc2)c(=O)[nH]1. The molecule has 27 heavy (non-hydrogen) atoms. The maximum absolute atomic E-state index is 12.3. The van der Waals surface area contributed by atoms with Gasteiger partial charge in [-0.25, -0.2) is 13.4 Å². The summed E-state index contributed by atoms with van der Waals surface area (Å²) >= 11 is 0. The number of hydrogen-bond acceptors (Lipinski definition) is 9. The van der Waals surface area contributed by atoms with Crippen LogP contribution in [0, 0.1) is 0 Å². The number of benzene rings is 1. The molecule has 0 unspecified atom stereocenters. The minimum atomic E-state index is -3.80. The van der Waals surface area contributed by atoms with Crippen LogP contribution in [0.15, 0.2) is 68.6 Å². The summed E-state index contributed by atoms with van der Waals surface area (Å²) in [6.45, 7) is 0. The molecule has 3 aromatic rings. The van der Waals surface area contributed by atoms with Gasteiger partial charge in [0.15, 0.2) is 11.5 Å². The number of aromatic nitrogens is 3. The first-order valence-electron chi connectivity index (χ1n) is 7.46. The van der Waals surface area contributed by atoms with Crippen molar-refractivity contribution in [3.05, 3.63) is 59.0 Å². The standard InChI is InChI=1S/C15H14N8O3S/c16-13-12(14(24)20-15(17)19-13)22-21-9-4-6-10(7-5-9)27(25,26)23-11-3-1-2-8-18-11/h1-8H,(H,18,23)(H5,16,17,19,20,24). The number of sulfonamides is 1. The summed E-state index contributed by atoms with van der Waals surface area (Å²) in [6, 6.07) is 10.4. The van der Waals surface area contributed by atoms with Crippen LogP contribution in [0.3, 0.4) is 0 Å². The fraction of sp³-hybridized carbons (Fsp3) is 0. The van der Waals surface area contributed by atoms with Crippen LogP contribution in [0.25, 0.3) is 0 Å². The number of rotatable bonds is 5. The van der Waals surface area contributed by atoms with Gasteiger partial charge < -0.3 is 11.5 Å². The van der Waals surface area contributed by atoms with Gasteiger partial charge in [-0.05, 0) is 36.4 Å². The summed E-state index contributed by atoms with van der Waals surface area (Å²) in [4.78, 5) is 21.6. The third kappa shape index (κ3) is 4.24. The third-order valence-corrected chi connectivity index (χ3v) is 4.63. The predicted octanol–water partition coefficient (Wildman–Crippen LogP) is 1.55. The van der Waals surface area contributed by atoms with Gasteiger partial charge >= 0.3 is 0 Å². The molecular formula is C15H14N8O3S. The molecule has 0 radical (unpaired) electrons. The second-order valence-corrected chi connectivity index (χ2v) is 6.88. The number of anilines is 3. The Kier molecular flexibility index (Phi) is 4.81. The normalized spacial score (nSPS) is 11.6. The van der Waals surface area contributed by atoms with Gasteiger partial charge in [0.1, 0.15) is 5.82 Å². The van der Waals surface area contributed by atoms with Crippen molar-refractivity contribution in [2.45, 2.75) is 4.90 Å². The minimum absolute atomic E-state index is 0.0126. The van der Waals surface area contributed by atoms with E-state index >= 15 is 0 Å². The highest BCUT2D eigenvalue weighted by atomic mass is 32.2. The van der Waals surface area contributed by atoms with Gasteiger partial charge in [0.25, 0.3) is 15.6 Å². The molecule has 0 bridgehead atoms. The second-order valence-electron chi connectivity index (χ2n) is 5.20. The average Bonchev–Trinajstić information content (AvgIpc) is 2.61. The maximum atomic E-state index is 12.3. The smallest absolute Gasteiger partial charge is 0.282 e. The molecule has 11 nitrogen and oxygen atoms in total. The molecule has 2 aromatic heterocycles. The molecule has 12 heteroatoms. The first-order chi connectivity index (χ1) is 12.8. The molecule has 0 aliphatic carbocycles.